The summed E-state index contributed by atoms with van der Waals surface area (Å²) in [7, 11) is -3.95. The molecule has 1 heterocycles. The maximum atomic E-state index is 13.9. The molecule has 0 radical (unpaired) electrons. The predicted octanol–water partition coefficient (Wildman–Crippen LogP) is 3.47. The number of benzene rings is 2. The molecule has 0 fully saturated rings. The highest BCUT2D eigenvalue weighted by atomic mass is 32.2. The monoisotopic (exact) mass is 415 g/mol. The zero-order valence-corrected chi connectivity index (χ0v) is 15.7. The molecule has 1 unspecified atom stereocenters. The van der Waals surface area contributed by atoms with Gasteiger partial charge in [-0.15, -0.1) is 0 Å². The minimum atomic E-state index is -4.65. The molecule has 28 heavy (non-hydrogen) atoms. The summed E-state index contributed by atoms with van der Waals surface area (Å²) in [6, 6.07) is 9.06. The standard InChI is InChI=1S/C18H17F4N3O2S/c1-11-7-12(9-13(19)8-11)17(2)24-16(18(20,21)22)10-25(17)14-3-5-15(6-4-14)28(23,26)27/h3-10,24H,1-2H3,(H2,23,26,27). The van der Waals surface area contributed by atoms with Gasteiger partial charge >= 0.3 is 6.18 Å². The normalized spacial score (nSPS) is 20.1. The lowest BCUT2D eigenvalue weighted by atomic mass is 9.97. The molecule has 0 aromatic heterocycles. The summed E-state index contributed by atoms with van der Waals surface area (Å²) in [5, 5.41) is 7.48. The van der Waals surface area contributed by atoms with Crippen LogP contribution in [-0.4, -0.2) is 14.6 Å². The summed E-state index contributed by atoms with van der Waals surface area (Å²) in [5.41, 5.74) is -1.38. The number of primary sulfonamides is 1. The van der Waals surface area contributed by atoms with Crippen LogP contribution >= 0.6 is 0 Å². The number of nitrogens with two attached hydrogens (primary N) is 1. The van der Waals surface area contributed by atoms with E-state index in [1.54, 1.807) is 13.0 Å². The van der Waals surface area contributed by atoms with Gasteiger partial charge in [0.1, 0.15) is 17.2 Å². The molecule has 3 N–H and O–H groups in total. The van der Waals surface area contributed by atoms with Crippen LogP contribution in [0.2, 0.25) is 0 Å². The van der Waals surface area contributed by atoms with Crippen molar-refractivity contribution in [1.82, 2.24) is 5.32 Å². The van der Waals surface area contributed by atoms with Crippen molar-refractivity contribution >= 4 is 15.7 Å². The molecule has 2 aromatic rings. The fraction of sp³-hybridized carbons (Fsp3) is 0.222. The molecule has 5 nitrogen and oxygen atoms in total. The minimum absolute atomic E-state index is 0.174. The number of allylic oxidation sites excluding steroid dienone is 1. The largest absolute Gasteiger partial charge is 0.432 e. The Balaban J connectivity index is 2.14. The summed E-state index contributed by atoms with van der Waals surface area (Å²) < 4.78 is 76.9. The van der Waals surface area contributed by atoms with Gasteiger partial charge in [-0.2, -0.15) is 13.2 Å². The fourth-order valence-electron chi connectivity index (χ4n) is 3.11. The number of hydrogen-bond acceptors (Lipinski definition) is 4. The molecule has 0 amide bonds. The van der Waals surface area contributed by atoms with Crippen LogP contribution < -0.4 is 15.4 Å². The number of halogens is 4. The van der Waals surface area contributed by atoms with Gasteiger partial charge in [0.15, 0.2) is 0 Å². The first kappa shape index (κ1) is 20.2. The molecule has 1 atom stereocenters. The van der Waals surface area contributed by atoms with Crippen LogP contribution in [0.15, 0.2) is 59.3 Å². The number of sulfonamides is 1. The van der Waals surface area contributed by atoms with Crippen molar-refractivity contribution < 1.29 is 26.0 Å². The van der Waals surface area contributed by atoms with Crippen LogP contribution in [0.5, 0.6) is 0 Å². The molecule has 0 spiro atoms. The summed E-state index contributed by atoms with van der Waals surface area (Å²) in [5.74, 6) is -0.581. The average molecular weight is 415 g/mol. The molecule has 0 saturated heterocycles. The highest BCUT2D eigenvalue weighted by molar-refractivity contribution is 7.89. The van der Waals surface area contributed by atoms with E-state index in [9.17, 15) is 26.0 Å². The third kappa shape index (κ3) is 3.69. The van der Waals surface area contributed by atoms with Crippen LogP contribution in [0.1, 0.15) is 18.1 Å². The lowest BCUT2D eigenvalue weighted by Crippen LogP contribution is -2.47. The van der Waals surface area contributed by atoms with E-state index in [2.05, 4.69) is 5.32 Å². The SMILES string of the molecule is Cc1cc(F)cc(C2(C)NC(C(F)(F)F)=CN2c2ccc(S(N)(=O)=O)cc2)c1. The molecule has 150 valence electrons. The van der Waals surface area contributed by atoms with Gasteiger partial charge in [-0.25, -0.2) is 17.9 Å². The lowest BCUT2D eigenvalue weighted by molar-refractivity contribution is -0.0974. The Morgan fingerprint density at radius 2 is 1.71 bits per heavy atom. The topological polar surface area (TPSA) is 75.4 Å². The number of rotatable bonds is 3. The van der Waals surface area contributed by atoms with Crippen LogP contribution in [0.25, 0.3) is 0 Å². The summed E-state index contributed by atoms with van der Waals surface area (Å²) in [6.45, 7) is 3.11. The van der Waals surface area contributed by atoms with Crippen molar-refractivity contribution in [1.29, 1.82) is 0 Å². The van der Waals surface area contributed by atoms with Crippen molar-refractivity contribution in [3.63, 3.8) is 0 Å². The van der Waals surface area contributed by atoms with Gasteiger partial charge in [-0.1, -0.05) is 6.07 Å². The van der Waals surface area contributed by atoms with Crippen molar-refractivity contribution in [2.45, 2.75) is 30.6 Å². The molecule has 0 aliphatic carbocycles. The lowest BCUT2D eigenvalue weighted by Gasteiger charge is -2.37. The van der Waals surface area contributed by atoms with E-state index in [-0.39, 0.29) is 16.1 Å². The third-order valence-corrected chi connectivity index (χ3v) is 5.40. The van der Waals surface area contributed by atoms with Gasteiger partial charge in [0.05, 0.1) is 4.90 Å². The molecule has 10 heteroatoms. The second-order valence-corrected chi connectivity index (χ2v) is 8.23. The van der Waals surface area contributed by atoms with Crippen molar-refractivity contribution in [3.05, 3.63) is 71.3 Å². The number of nitrogens with one attached hydrogen (secondary N) is 1. The third-order valence-electron chi connectivity index (χ3n) is 4.47. The Morgan fingerprint density at radius 1 is 1.11 bits per heavy atom. The Hall–Kier alpha value is -2.59. The molecular formula is C18H17F4N3O2S. The highest BCUT2D eigenvalue weighted by Crippen LogP contribution is 2.41. The number of alkyl halides is 3. The average Bonchev–Trinajstić information content (AvgIpc) is 2.93. The summed E-state index contributed by atoms with van der Waals surface area (Å²) >= 11 is 0. The molecule has 3 rings (SSSR count). The number of nitrogens with zero attached hydrogens (tertiary/aromatic N) is 1. The molecule has 2 aromatic carbocycles. The Morgan fingerprint density at radius 3 is 2.21 bits per heavy atom. The molecule has 1 aliphatic rings. The highest BCUT2D eigenvalue weighted by Gasteiger charge is 2.47. The second-order valence-electron chi connectivity index (χ2n) is 6.66. The maximum Gasteiger partial charge on any atom is 0.432 e. The van der Waals surface area contributed by atoms with E-state index < -0.39 is 33.4 Å². The number of anilines is 1. The Kier molecular flexibility index (Phi) is 4.67. The van der Waals surface area contributed by atoms with Crippen LogP contribution in [0, 0.1) is 12.7 Å². The van der Waals surface area contributed by atoms with Gasteiger partial charge in [0.2, 0.25) is 10.0 Å². The molecular weight excluding hydrogens is 398 g/mol. The van der Waals surface area contributed by atoms with E-state index in [0.717, 1.165) is 12.3 Å². The molecule has 0 bridgehead atoms. The van der Waals surface area contributed by atoms with Gasteiger partial charge < -0.3 is 10.2 Å². The molecule has 1 aliphatic heterocycles. The maximum absolute atomic E-state index is 13.9. The smallest absolute Gasteiger partial charge is 0.354 e. The summed E-state index contributed by atoms with van der Waals surface area (Å²) in [6.07, 6.45) is -3.79. The van der Waals surface area contributed by atoms with Crippen LogP contribution in [0.3, 0.4) is 0 Å². The number of aryl methyl sites for hydroxylation is 1. The zero-order valence-electron chi connectivity index (χ0n) is 14.9. The fourth-order valence-corrected chi connectivity index (χ4v) is 3.63. The van der Waals surface area contributed by atoms with Crippen molar-refractivity contribution in [2.24, 2.45) is 5.14 Å². The van der Waals surface area contributed by atoms with Gasteiger partial charge in [-0.05, 0) is 55.8 Å². The van der Waals surface area contributed by atoms with Crippen molar-refractivity contribution in [2.75, 3.05) is 4.90 Å². The van der Waals surface area contributed by atoms with E-state index in [4.69, 9.17) is 5.14 Å². The van der Waals surface area contributed by atoms with Crippen molar-refractivity contribution in [3.8, 4) is 0 Å². The van der Waals surface area contributed by atoms with Crippen LogP contribution in [-0.2, 0) is 15.7 Å². The molecule has 0 saturated carbocycles. The van der Waals surface area contributed by atoms with E-state index in [1.165, 1.54) is 42.2 Å². The minimum Gasteiger partial charge on any atom is -0.354 e. The summed E-state index contributed by atoms with van der Waals surface area (Å²) in [4.78, 5) is 1.10. The zero-order chi connectivity index (χ0) is 20.9. The van der Waals surface area contributed by atoms with E-state index >= 15 is 0 Å². The van der Waals surface area contributed by atoms with Gasteiger partial charge in [0, 0.05) is 17.5 Å². The van der Waals surface area contributed by atoms with Gasteiger partial charge in [0.25, 0.3) is 0 Å². The van der Waals surface area contributed by atoms with Gasteiger partial charge in [-0.3, -0.25) is 0 Å². The number of hydrogen-bond donors (Lipinski definition) is 2. The quantitative estimate of drug-likeness (QED) is 0.753. The first-order valence-electron chi connectivity index (χ1n) is 8.08. The Labute approximate surface area is 159 Å². The van der Waals surface area contributed by atoms with Crippen LogP contribution in [0.4, 0.5) is 23.2 Å². The second kappa shape index (κ2) is 6.49. The first-order chi connectivity index (χ1) is 12.8. The Bertz CT molecular complexity index is 1030. The first-order valence-corrected chi connectivity index (χ1v) is 9.62. The van der Waals surface area contributed by atoms with E-state index in [0.29, 0.717) is 5.56 Å². The predicted molar refractivity (Wildman–Crippen MR) is 96.1 cm³/mol. The van der Waals surface area contributed by atoms with E-state index in [1.807, 2.05) is 0 Å².